The van der Waals surface area contributed by atoms with E-state index in [4.69, 9.17) is 27.7 Å². The van der Waals surface area contributed by atoms with E-state index in [1.54, 1.807) is 0 Å². The molecule has 0 bridgehead atoms. The fourth-order valence-electron chi connectivity index (χ4n) is 2.76. The summed E-state index contributed by atoms with van der Waals surface area (Å²) < 4.78 is 4.80. The molecule has 1 atom stereocenters. The Balaban J connectivity index is 4.51. The Morgan fingerprint density at radius 1 is 0.893 bits per heavy atom. The highest BCUT2D eigenvalue weighted by atomic mass is 16.5. The lowest BCUT2D eigenvalue weighted by Gasteiger charge is -2.24. The molecule has 0 spiro atoms. The summed E-state index contributed by atoms with van der Waals surface area (Å²) >= 11 is 0. The number of carbonyl (C=O) groups is 3. The Hall–Kier alpha value is -1.91. The first-order chi connectivity index (χ1) is 13.4. The molecule has 0 radical (unpaired) electrons. The Morgan fingerprint density at radius 2 is 1.50 bits per heavy atom. The quantitative estimate of drug-likeness (QED) is 0.201. The van der Waals surface area contributed by atoms with E-state index in [1.165, 1.54) is 4.90 Å². The Kier molecular flexibility index (Phi) is 16.0. The summed E-state index contributed by atoms with van der Waals surface area (Å²) in [6, 6.07) is -0.377. The summed E-state index contributed by atoms with van der Waals surface area (Å²) in [6.45, 7) is 1.46. The van der Waals surface area contributed by atoms with Crippen LogP contribution < -0.4 is 28.3 Å². The van der Waals surface area contributed by atoms with Crippen LogP contribution in [0.2, 0.25) is 0 Å². The number of ether oxygens (including phenoxy) is 1. The largest absolute Gasteiger partial charge is 0.448 e. The van der Waals surface area contributed by atoms with Crippen molar-refractivity contribution in [3.05, 3.63) is 0 Å². The minimum atomic E-state index is -0.896. The standard InChI is InChI=1S/C18H38N6O4/c19-9-5-2-1-3-7-11-24(17(26)12-21)13-16(25)23-15(8-4-6-10-20)14-28-18(22)27/h15H,1-14,19-21H2,(H2,22,27)(H,23,25). The predicted molar refractivity (Wildman–Crippen MR) is 108 cm³/mol. The molecule has 3 amide bonds. The highest BCUT2D eigenvalue weighted by Gasteiger charge is 2.19. The summed E-state index contributed by atoms with van der Waals surface area (Å²) in [5, 5.41) is 2.80. The maximum Gasteiger partial charge on any atom is 0.404 e. The second-order valence-electron chi connectivity index (χ2n) is 6.75. The molecule has 10 nitrogen and oxygen atoms in total. The Morgan fingerprint density at radius 3 is 2.11 bits per heavy atom. The minimum absolute atomic E-state index is 0.0162. The highest BCUT2D eigenvalue weighted by Crippen LogP contribution is 2.05. The van der Waals surface area contributed by atoms with Crippen molar-refractivity contribution in [2.45, 2.75) is 57.4 Å². The summed E-state index contributed by atoms with van der Waals surface area (Å²) in [7, 11) is 0. The van der Waals surface area contributed by atoms with Crippen LogP contribution in [0.25, 0.3) is 0 Å². The molecular weight excluding hydrogens is 364 g/mol. The number of rotatable bonds is 17. The van der Waals surface area contributed by atoms with Crippen molar-refractivity contribution >= 4 is 17.9 Å². The van der Waals surface area contributed by atoms with Gasteiger partial charge >= 0.3 is 6.09 Å². The van der Waals surface area contributed by atoms with E-state index in [2.05, 4.69) is 5.32 Å². The van der Waals surface area contributed by atoms with Crippen LogP contribution in [0.4, 0.5) is 4.79 Å². The third kappa shape index (κ3) is 14.2. The fourth-order valence-corrected chi connectivity index (χ4v) is 2.76. The number of amides is 3. The van der Waals surface area contributed by atoms with Crippen molar-refractivity contribution in [1.29, 1.82) is 0 Å². The predicted octanol–water partition coefficient (Wildman–Crippen LogP) is -0.608. The molecule has 0 aromatic heterocycles. The molecule has 0 aromatic carbocycles. The average molecular weight is 403 g/mol. The number of nitrogens with one attached hydrogen (secondary N) is 1. The molecule has 9 N–H and O–H groups in total. The first-order valence-electron chi connectivity index (χ1n) is 10.0. The SMILES string of the molecule is NCCCCCCCN(CC(=O)NC(CCCCN)COC(N)=O)C(=O)CN. The summed E-state index contributed by atoms with van der Waals surface area (Å²) in [4.78, 5) is 36.7. The number of unbranched alkanes of at least 4 members (excludes halogenated alkanes) is 5. The molecule has 164 valence electrons. The smallest absolute Gasteiger partial charge is 0.404 e. The molecule has 28 heavy (non-hydrogen) atoms. The topological polar surface area (TPSA) is 180 Å². The molecule has 0 aromatic rings. The van der Waals surface area contributed by atoms with E-state index in [9.17, 15) is 14.4 Å². The molecule has 0 aliphatic carbocycles. The van der Waals surface area contributed by atoms with Crippen molar-refractivity contribution in [3.63, 3.8) is 0 Å². The lowest BCUT2D eigenvalue weighted by Crippen LogP contribution is -2.47. The molecule has 0 saturated carbocycles. The van der Waals surface area contributed by atoms with Gasteiger partial charge in [0, 0.05) is 6.54 Å². The number of nitrogens with two attached hydrogens (primary N) is 4. The second kappa shape index (κ2) is 17.2. The van der Waals surface area contributed by atoms with Crippen molar-refractivity contribution in [2.75, 3.05) is 39.3 Å². The number of hydrogen-bond acceptors (Lipinski definition) is 7. The van der Waals surface area contributed by atoms with Gasteiger partial charge in [-0.25, -0.2) is 4.79 Å². The van der Waals surface area contributed by atoms with Gasteiger partial charge in [-0.1, -0.05) is 25.7 Å². The maximum absolute atomic E-state index is 12.4. The van der Waals surface area contributed by atoms with Crippen molar-refractivity contribution < 1.29 is 19.1 Å². The summed E-state index contributed by atoms with van der Waals surface area (Å²) in [5.74, 6) is -0.596. The maximum atomic E-state index is 12.4. The normalized spacial score (nSPS) is 11.7. The number of hydrogen-bond donors (Lipinski definition) is 5. The van der Waals surface area contributed by atoms with E-state index in [-0.39, 0.29) is 37.6 Å². The van der Waals surface area contributed by atoms with Crippen LogP contribution in [0, 0.1) is 0 Å². The Labute approximate surface area is 167 Å². The zero-order valence-corrected chi connectivity index (χ0v) is 16.9. The summed E-state index contributed by atoms with van der Waals surface area (Å²) in [5.41, 5.74) is 21.4. The molecule has 10 heteroatoms. The minimum Gasteiger partial charge on any atom is -0.448 e. The lowest BCUT2D eigenvalue weighted by atomic mass is 10.1. The van der Waals surface area contributed by atoms with Crippen LogP contribution in [-0.2, 0) is 14.3 Å². The first-order valence-corrected chi connectivity index (χ1v) is 10.0. The molecule has 0 fully saturated rings. The number of nitrogens with zero attached hydrogens (tertiary/aromatic N) is 1. The fraction of sp³-hybridized carbons (Fsp3) is 0.833. The van der Waals surface area contributed by atoms with Crippen molar-refractivity contribution in [2.24, 2.45) is 22.9 Å². The van der Waals surface area contributed by atoms with Gasteiger partial charge in [-0.2, -0.15) is 0 Å². The molecule has 0 rings (SSSR count). The van der Waals surface area contributed by atoms with Crippen LogP contribution in [0.1, 0.15) is 51.4 Å². The zero-order valence-electron chi connectivity index (χ0n) is 16.9. The van der Waals surface area contributed by atoms with Gasteiger partial charge in [0.05, 0.1) is 19.1 Å². The van der Waals surface area contributed by atoms with Gasteiger partial charge in [-0.3, -0.25) is 9.59 Å². The van der Waals surface area contributed by atoms with Gasteiger partial charge in [-0.05, 0) is 38.8 Å². The molecular formula is C18H38N6O4. The van der Waals surface area contributed by atoms with E-state index >= 15 is 0 Å². The van der Waals surface area contributed by atoms with Crippen LogP contribution in [0.15, 0.2) is 0 Å². The van der Waals surface area contributed by atoms with Crippen LogP contribution in [-0.4, -0.2) is 68.2 Å². The van der Waals surface area contributed by atoms with Gasteiger partial charge in [0.15, 0.2) is 0 Å². The van der Waals surface area contributed by atoms with Crippen molar-refractivity contribution in [1.82, 2.24) is 10.2 Å². The van der Waals surface area contributed by atoms with Gasteiger partial charge in [-0.15, -0.1) is 0 Å². The molecule has 0 saturated heterocycles. The number of primary amides is 1. The van der Waals surface area contributed by atoms with Gasteiger partial charge < -0.3 is 37.9 Å². The second-order valence-corrected chi connectivity index (χ2v) is 6.75. The monoisotopic (exact) mass is 402 g/mol. The van der Waals surface area contributed by atoms with Crippen LogP contribution in [0.5, 0.6) is 0 Å². The van der Waals surface area contributed by atoms with Crippen molar-refractivity contribution in [3.8, 4) is 0 Å². The molecule has 1 unspecified atom stereocenters. The zero-order chi connectivity index (χ0) is 21.2. The summed E-state index contributed by atoms with van der Waals surface area (Å²) in [6.07, 6.45) is 6.14. The van der Waals surface area contributed by atoms with Gasteiger partial charge in [0.1, 0.15) is 6.61 Å². The average Bonchev–Trinajstić information content (AvgIpc) is 2.67. The third-order valence-electron chi connectivity index (χ3n) is 4.29. The van der Waals surface area contributed by atoms with Gasteiger partial charge in [0.2, 0.25) is 11.8 Å². The first kappa shape index (κ1) is 26.1. The van der Waals surface area contributed by atoms with E-state index in [1.807, 2.05) is 0 Å². The number of carbonyl (C=O) groups excluding carboxylic acids is 3. The van der Waals surface area contributed by atoms with E-state index < -0.39 is 6.09 Å². The molecule has 0 aliphatic rings. The van der Waals surface area contributed by atoms with Crippen LogP contribution >= 0.6 is 0 Å². The molecule has 0 heterocycles. The van der Waals surface area contributed by atoms with E-state index in [0.717, 1.165) is 44.9 Å². The van der Waals surface area contributed by atoms with E-state index in [0.29, 0.717) is 26.1 Å². The highest BCUT2D eigenvalue weighted by molar-refractivity contribution is 5.85. The Bertz CT molecular complexity index is 450. The van der Waals surface area contributed by atoms with Crippen LogP contribution in [0.3, 0.4) is 0 Å². The third-order valence-corrected chi connectivity index (χ3v) is 4.29. The lowest BCUT2D eigenvalue weighted by molar-refractivity contribution is -0.135. The molecule has 0 aliphatic heterocycles. The van der Waals surface area contributed by atoms with Gasteiger partial charge in [0.25, 0.3) is 0 Å².